The van der Waals surface area contributed by atoms with Gasteiger partial charge in [0, 0.05) is 30.9 Å². The highest BCUT2D eigenvalue weighted by Gasteiger charge is 2.24. The smallest absolute Gasteiger partial charge is 0.224 e. The van der Waals surface area contributed by atoms with Gasteiger partial charge < -0.3 is 10.6 Å². The zero-order valence-corrected chi connectivity index (χ0v) is 10.8. The minimum atomic E-state index is 0. The average molecular weight is 263 g/mol. The number of hydrogen-bond acceptors (Lipinski definition) is 4. The number of halogens is 2. The normalized spacial score (nSPS) is 19.7. The highest BCUT2D eigenvalue weighted by atomic mass is 35.5. The van der Waals surface area contributed by atoms with Crippen LogP contribution in [-0.4, -0.2) is 29.1 Å². The van der Waals surface area contributed by atoms with E-state index in [0.29, 0.717) is 17.9 Å². The van der Waals surface area contributed by atoms with Crippen molar-refractivity contribution in [1.29, 1.82) is 0 Å². The second-order valence-corrected chi connectivity index (χ2v) is 4.20. The lowest BCUT2D eigenvalue weighted by atomic mass is 10.2. The summed E-state index contributed by atoms with van der Waals surface area (Å²) in [5, 5.41) is 0.313. The lowest BCUT2D eigenvalue weighted by molar-refractivity contribution is 0.670. The Balaban J connectivity index is 0.00000128. The van der Waals surface area contributed by atoms with E-state index >= 15 is 0 Å². The maximum Gasteiger partial charge on any atom is 0.224 e. The summed E-state index contributed by atoms with van der Waals surface area (Å²) in [7, 11) is 0. The van der Waals surface area contributed by atoms with Gasteiger partial charge in [-0.1, -0.05) is 0 Å². The summed E-state index contributed by atoms with van der Waals surface area (Å²) in [5.41, 5.74) is 6.62. The first-order valence-corrected chi connectivity index (χ1v) is 5.56. The lowest BCUT2D eigenvalue weighted by Crippen LogP contribution is -2.36. The highest BCUT2D eigenvalue weighted by Crippen LogP contribution is 2.24. The molecule has 6 heteroatoms. The molecule has 0 saturated carbocycles. The predicted molar refractivity (Wildman–Crippen MR) is 68.4 cm³/mol. The maximum atomic E-state index is 5.84. The first kappa shape index (κ1) is 13.5. The molecule has 1 aliphatic heterocycles. The van der Waals surface area contributed by atoms with Gasteiger partial charge in [0.1, 0.15) is 5.82 Å². The van der Waals surface area contributed by atoms with Crippen LogP contribution in [0.15, 0.2) is 6.07 Å². The molecule has 2 N–H and O–H groups in total. The van der Waals surface area contributed by atoms with Gasteiger partial charge in [-0.25, -0.2) is 9.97 Å². The van der Waals surface area contributed by atoms with Crippen LogP contribution in [0.3, 0.4) is 0 Å². The second kappa shape index (κ2) is 5.66. The van der Waals surface area contributed by atoms with Crippen LogP contribution in [0.5, 0.6) is 0 Å². The zero-order chi connectivity index (χ0) is 10.8. The molecule has 0 amide bonds. The van der Waals surface area contributed by atoms with Crippen LogP contribution in [0, 0.1) is 6.92 Å². The van der Waals surface area contributed by atoms with Gasteiger partial charge in [0.05, 0.1) is 0 Å². The van der Waals surface area contributed by atoms with Crippen LogP contribution in [0.25, 0.3) is 0 Å². The van der Waals surface area contributed by atoms with Crippen LogP contribution in [0.4, 0.5) is 5.82 Å². The van der Waals surface area contributed by atoms with Gasteiger partial charge in [-0.3, -0.25) is 0 Å². The molecule has 1 unspecified atom stereocenters. The zero-order valence-electron chi connectivity index (χ0n) is 9.19. The minimum absolute atomic E-state index is 0. The van der Waals surface area contributed by atoms with E-state index in [0.717, 1.165) is 24.5 Å². The number of aryl methyl sites for hydroxylation is 1. The molecule has 1 atom stereocenters. The fraction of sp³-hybridized carbons (Fsp3) is 0.600. The predicted octanol–water partition coefficient (Wildman–Crippen LogP) is 1.79. The van der Waals surface area contributed by atoms with Gasteiger partial charge >= 0.3 is 0 Å². The van der Waals surface area contributed by atoms with E-state index < -0.39 is 0 Å². The van der Waals surface area contributed by atoms with Crippen LogP contribution in [0.2, 0.25) is 5.28 Å². The van der Waals surface area contributed by atoms with Gasteiger partial charge in [-0.15, -0.1) is 12.4 Å². The molecule has 1 aliphatic rings. The molecular formula is C10H16Cl2N4. The van der Waals surface area contributed by atoms with Crippen LogP contribution >= 0.6 is 24.0 Å². The van der Waals surface area contributed by atoms with Crippen molar-refractivity contribution in [2.45, 2.75) is 25.8 Å². The van der Waals surface area contributed by atoms with Crippen LogP contribution in [0.1, 0.15) is 18.5 Å². The van der Waals surface area contributed by atoms with E-state index in [4.69, 9.17) is 17.3 Å². The third-order valence-corrected chi connectivity index (χ3v) is 2.93. The number of aromatic nitrogens is 2. The first-order chi connectivity index (χ1) is 7.20. The Morgan fingerprint density at radius 3 is 2.94 bits per heavy atom. The third-order valence-electron chi connectivity index (χ3n) is 2.76. The fourth-order valence-corrected chi connectivity index (χ4v) is 2.27. The summed E-state index contributed by atoms with van der Waals surface area (Å²) in [6.07, 6.45) is 2.31. The topological polar surface area (TPSA) is 55.0 Å². The van der Waals surface area contributed by atoms with Crippen molar-refractivity contribution in [2.75, 3.05) is 18.0 Å². The molecule has 1 saturated heterocycles. The lowest BCUT2D eigenvalue weighted by Gasteiger charge is -2.24. The van der Waals surface area contributed by atoms with E-state index in [1.807, 2.05) is 13.0 Å². The number of rotatable bonds is 2. The summed E-state index contributed by atoms with van der Waals surface area (Å²) < 4.78 is 0. The molecule has 1 aromatic heterocycles. The van der Waals surface area contributed by atoms with Gasteiger partial charge in [-0.05, 0) is 31.4 Å². The van der Waals surface area contributed by atoms with E-state index in [-0.39, 0.29) is 12.4 Å². The van der Waals surface area contributed by atoms with Crippen LogP contribution in [-0.2, 0) is 0 Å². The standard InChI is InChI=1S/C10H15ClN4.ClH/c1-7-5-9(14-10(11)13-7)15-4-2-3-8(15)6-12;/h5,8H,2-4,6,12H2,1H3;1H. The maximum absolute atomic E-state index is 5.84. The molecule has 90 valence electrons. The Morgan fingerprint density at radius 2 is 2.31 bits per heavy atom. The van der Waals surface area contributed by atoms with Crippen molar-refractivity contribution in [1.82, 2.24) is 9.97 Å². The van der Waals surface area contributed by atoms with E-state index in [1.54, 1.807) is 0 Å². The second-order valence-electron chi connectivity index (χ2n) is 3.86. The Kier molecular flexibility index (Phi) is 4.77. The quantitative estimate of drug-likeness (QED) is 0.826. The SMILES string of the molecule is Cc1cc(N2CCCC2CN)nc(Cl)n1.Cl. The van der Waals surface area contributed by atoms with Crippen molar-refractivity contribution in [3.05, 3.63) is 17.0 Å². The monoisotopic (exact) mass is 262 g/mol. The molecule has 2 heterocycles. The van der Waals surface area contributed by atoms with Crippen molar-refractivity contribution in [2.24, 2.45) is 5.73 Å². The van der Waals surface area contributed by atoms with E-state index in [9.17, 15) is 0 Å². The molecule has 0 spiro atoms. The van der Waals surface area contributed by atoms with Crippen molar-refractivity contribution in [3.8, 4) is 0 Å². The summed E-state index contributed by atoms with van der Waals surface area (Å²) in [6, 6.07) is 2.36. The molecular weight excluding hydrogens is 247 g/mol. The molecule has 2 rings (SSSR count). The van der Waals surface area contributed by atoms with Gasteiger partial charge in [0.2, 0.25) is 5.28 Å². The van der Waals surface area contributed by atoms with Crippen LogP contribution < -0.4 is 10.6 Å². The molecule has 16 heavy (non-hydrogen) atoms. The third kappa shape index (κ3) is 2.75. The van der Waals surface area contributed by atoms with E-state index in [1.165, 1.54) is 6.42 Å². The Bertz CT molecular complexity index is 338. The van der Waals surface area contributed by atoms with Gasteiger partial charge in [-0.2, -0.15) is 0 Å². The molecule has 0 aromatic carbocycles. The average Bonchev–Trinajstić information content (AvgIpc) is 2.63. The van der Waals surface area contributed by atoms with Crippen molar-refractivity contribution >= 4 is 29.8 Å². The minimum Gasteiger partial charge on any atom is -0.352 e. The molecule has 1 aromatic rings. The Morgan fingerprint density at radius 1 is 1.56 bits per heavy atom. The molecule has 4 nitrogen and oxygen atoms in total. The summed E-state index contributed by atoms with van der Waals surface area (Å²) in [5.74, 6) is 0.903. The molecule has 0 aliphatic carbocycles. The van der Waals surface area contributed by atoms with Gasteiger partial charge in [0.15, 0.2) is 0 Å². The summed E-state index contributed by atoms with van der Waals surface area (Å²) in [4.78, 5) is 10.5. The Hall–Kier alpha value is -0.580. The Labute approximate surface area is 107 Å². The summed E-state index contributed by atoms with van der Waals surface area (Å²) in [6.45, 7) is 3.60. The molecule has 0 bridgehead atoms. The number of hydrogen-bond donors (Lipinski definition) is 1. The van der Waals surface area contributed by atoms with Gasteiger partial charge in [0.25, 0.3) is 0 Å². The largest absolute Gasteiger partial charge is 0.352 e. The van der Waals surface area contributed by atoms with Crippen molar-refractivity contribution in [3.63, 3.8) is 0 Å². The number of anilines is 1. The number of nitrogens with zero attached hydrogens (tertiary/aromatic N) is 3. The number of nitrogens with two attached hydrogens (primary N) is 1. The summed E-state index contributed by atoms with van der Waals surface area (Å²) >= 11 is 5.84. The first-order valence-electron chi connectivity index (χ1n) is 5.18. The fourth-order valence-electron chi connectivity index (χ4n) is 2.05. The highest BCUT2D eigenvalue weighted by molar-refractivity contribution is 6.28. The van der Waals surface area contributed by atoms with E-state index in [2.05, 4.69) is 14.9 Å². The molecule has 1 fully saturated rings. The van der Waals surface area contributed by atoms with Crippen molar-refractivity contribution < 1.29 is 0 Å². The molecule has 0 radical (unpaired) electrons.